The Morgan fingerprint density at radius 3 is 2.37 bits per heavy atom. The maximum Gasteiger partial charge on any atom is 0.252 e. The molecule has 8 heteroatoms. The van der Waals surface area contributed by atoms with E-state index in [9.17, 15) is 4.79 Å². The Hall–Kier alpha value is -3.42. The number of fused-ring (bicyclic) bond motifs is 1. The minimum absolute atomic E-state index is 0.00380. The minimum atomic E-state index is -0.191. The number of hydrogen-bond acceptors (Lipinski definition) is 6. The summed E-state index contributed by atoms with van der Waals surface area (Å²) in [6.07, 6.45) is 0.326. The van der Waals surface area contributed by atoms with E-state index in [2.05, 4.69) is 9.97 Å². The molecule has 1 atom stereocenters. The van der Waals surface area contributed by atoms with E-state index in [1.807, 2.05) is 45.0 Å². The largest absolute Gasteiger partial charge is 0.497 e. The molecule has 2 aromatic heterocycles. The van der Waals surface area contributed by atoms with Gasteiger partial charge in [0.2, 0.25) is 5.91 Å². The normalized spacial score (nSPS) is 15.9. The predicted molar refractivity (Wildman–Crippen MR) is 113 cm³/mol. The zero-order valence-electron chi connectivity index (χ0n) is 18.1. The maximum absolute atomic E-state index is 13.0. The van der Waals surface area contributed by atoms with Gasteiger partial charge in [0, 0.05) is 48.0 Å². The van der Waals surface area contributed by atoms with E-state index in [0.717, 1.165) is 28.2 Å². The molecule has 1 aliphatic heterocycles. The van der Waals surface area contributed by atoms with Gasteiger partial charge in [-0.25, -0.2) is 9.97 Å². The van der Waals surface area contributed by atoms with Gasteiger partial charge in [-0.1, -0.05) is 6.07 Å². The van der Waals surface area contributed by atoms with E-state index in [0.29, 0.717) is 29.7 Å². The van der Waals surface area contributed by atoms with Crippen LogP contribution in [0.4, 0.5) is 5.82 Å². The summed E-state index contributed by atoms with van der Waals surface area (Å²) < 4.78 is 12.6. The smallest absolute Gasteiger partial charge is 0.252 e. The Balaban J connectivity index is 1.93. The monoisotopic (exact) mass is 407 g/mol. The molecular formula is C22H25N5O3. The van der Waals surface area contributed by atoms with Crippen LogP contribution in [0.1, 0.15) is 40.5 Å². The van der Waals surface area contributed by atoms with Gasteiger partial charge >= 0.3 is 0 Å². The van der Waals surface area contributed by atoms with Crippen molar-refractivity contribution in [3.63, 3.8) is 0 Å². The van der Waals surface area contributed by atoms with Gasteiger partial charge in [-0.15, -0.1) is 0 Å². The summed E-state index contributed by atoms with van der Waals surface area (Å²) in [6, 6.07) is 7.58. The third-order valence-electron chi connectivity index (χ3n) is 5.48. The predicted octanol–water partition coefficient (Wildman–Crippen LogP) is 3.10. The van der Waals surface area contributed by atoms with Gasteiger partial charge in [-0.05, 0) is 32.9 Å². The number of rotatable bonds is 4. The molecule has 156 valence electrons. The lowest BCUT2D eigenvalue weighted by atomic mass is 9.84. The van der Waals surface area contributed by atoms with Gasteiger partial charge in [-0.3, -0.25) is 9.69 Å². The number of amides is 1. The number of hydrogen-bond donors (Lipinski definition) is 0. The quantitative estimate of drug-likeness (QED) is 0.661. The molecule has 0 spiro atoms. The molecule has 3 aromatic rings. The second-order valence-corrected chi connectivity index (χ2v) is 7.50. The van der Waals surface area contributed by atoms with Crippen LogP contribution in [-0.4, -0.2) is 46.9 Å². The van der Waals surface area contributed by atoms with Crippen molar-refractivity contribution in [3.8, 4) is 17.4 Å². The van der Waals surface area contributed by atoms with E-state index < -0.39 is 0 Å². The number of carbonyl (C=O) groups is 1. The molecule has 1 aromatic carbocycles. The average Bonchev–Trinajstić information content (AvgIpc) is 3.07. The Bertz CT molecular complexity index is 1120. The molecule has 0 fully saturated rings. The minimum Gasteiger partial charge on any atom is -0.497 e. The molecule has 0 bridgehead atoms. The van der Waals surface area contributed by atoms with Crippen LogP contribution in [0.5, 0.6) is 11.5 Å². The van der Waals surface area contributed by atoms with Gasteiger partial charge in [0.05, 0.1) is 19.9 Å². The fourth-order valence-corrected chi connectivity index (χ4v) is 4.10. The Morgan fingerprint density at radius 1 is 1.03 bits per heavy atom. The molecule has 0 saturated heterocycles. The van der Waals surface area contributed by atoms with E-state index in [4.69, 9.17) is 14.6 Å². The first kappa shape index (κ1) is 19.9. The van der Waals surface area contributed by atoms with Crippen molar-refractivity contribution in [2.75, 3.05) is 26.2 Å². The Morgan fingerprint density at radius 2 is 1.73 bits per heavy atom. The number of carbonyl (C=O) groups excluding carboxylic acids is 1. The summed E-state index contributed by atoms with van der Waals surface area (Å²) >= 11 is 0. The zero-order valence-corrected chi connectivity index (χ0v) is 18.1. The van der Waals surface area contributed by atoms with E-state index in [1.54, 1.807) is 30.8 Å². The molecule has 1 amide bonds. The number of ether oxygens (including phenoxy) is 2. The van der Waals surface area contributed by atoms with Gasteiger partial charge in [-0.2, -0.15) is 9.78 Å². The lowest BCUT2D eigenvalue weighted by Gasteiger charge is -2.31. The molecule has 0 N–H and O–H groups in total. The molecule has 4 rings (SSSR count). The summed E-state index contributed by atoms with van der Waals surface area (Å²) in [5, 5.41) is 4.73. The molecule has 30 heavy (non-hydrogen) atoms. The van der Waals surface area contributed by atoms with Crippen molar-refractivity contribution in [2.24, 2.45) is 0 Å². The molecular weight excluding hydrogens is 382 g/mol. The summed E-state index contributed by atoms with van der Waals surface area (Å²) in [5.74, 6) is 2.33. The second-order valence-electron chi connectivity index (χ2n) is 7.50. The third-order valence-corrected chi connectivity index (χ3v) is 5.48. The number of aryl methyl sites for hydroxylation is 3. The van der Waals surface area contributed by atoms with Crippen LogP contribution in [0.25, 0.3) is 5.95 Å². The van der Waals surface area contributed by atoms with Crippen LogP contribution in [0.2, 0.25) is 0 Å². The first-order valence-electron chi connectivity index (χ1n) is 9.74. The molecule has 0 radical (unpaired) electrons. The van der Waals surface area contributed by atoms with E-state index >= 15 is 0 Å². The second kappa shape index (κ2) is 7.44. The van der Waals surface area contributed by atoms with Crippen LogP contribution in [0.3, 0.4) is 0 Å². The number of benzene rings is 1. The lowest BCUT2D eigenvalue weighted by Crippen LogP contribution is -2.35. The molecule has 3 heterocycles. The molecule has 8 nitrogen and oxygen atoms in total. The van der Waals surface area contributed by atoms with Crippen molar-refractivity contribution in [2.45, 2.75) is 33.1 Å². The van der Waals surface area contributed by atoms with Crippen molar-refractivity contribution < 1.29 is 14.3 Å². The van der Waals surface area contributed by atoms with Crippen LogP contribution in [0, 0.1) is 20.8 Å². The highest BCUT2D eigenvalue weighted by Gasteiger charge is 2.38. The topological polar surface area (TPSA) is 82.4 Å². The standard InChI is InChI=1S/C22H25N5O3/c1-12-9-13(2)24-22(23-12)27-21-20(14(3)25-27)17(11-19(28)26(21)4)16-8-7-15(29-5)10-18(16)30-6/h7-10,17H,11H2,1-6H3/t17-/m0/s1. The summed E-state index contributed by atoms with van der Waals surface area (Å²) in [7, 11) is 5.00. The highest BCUT2D eigenvalue weighted by molar-refractivity contribution is 5.97. The number of methoxy groups -OCH3 is 2. The van der Waals surface area contributed by atoms with Crippen LogP contribution >= 0.6 is 0 Å². The van der Waals surface area contributed by atoms with Crippen LogP contribution in [-0.2, 0) is 4.79 Å². The van der Waals surface area contributed by atoms with Crippen LogP contribution in [0.15, 0.2) is 24.3 Å². The van der Waals surface area contributed by atoms with Gasteiger partial charge in [0.25, 0.3) is 5.95 Å². The van der Waals surface area contributed by atoms with Crippen molar-refractivity contribution >= 4 is 11.7 Å². The first-order valence-corrected chi connectivity index (χ1v) is 9.74. The average molecular weight is 407 g/mol. The zero-order chi connectivity index (χ0) is 21.6. The van der Waals surface area contributed by atoms with Crippen molar-refractivity contribution in [1.82, 2.24) is 19.7 Å². The fraction of sp³-hybridized carbons (Fsp3) is 0.364. The van der Waals surface area contributed by atoms with E-state index in [1.165, 1.54) is 0 Å². The van der Waals surface area contributed by atoms with Gasteiger partial charge < -0.3 is 9.47 Å². The van der Waals surface area contributed by atoms with E-state index in [-0.39, 0.29) is 11.8 Å². The molecule has 0 aliphatic carbocycles. The third kappa shape index (κ3) is 3.18. The highest BCUT2D eigenvalue weighted by atomic mass is 16.5. The first-order chi connectivity index (χ1) is 14.3. The summed E-state index contributed by atoms with van der Waals surface area (Å²) in [5.41, 5.74) is 4.42. The molecule has 0 unspecified atom stereocenters. The lowest BCUT2D eigenvalue weighted by molar-refractivity contribution is -0.118. The van der Waals surface area contributed by atoms with Crippen molar-refractivity contribution in [3.05, 3.63) is 52.5 Å². The SMILES string of the molecule is COc1ccc([C@@H]2CC(=O)N(C)c3c2c(C)nn3-c2nc(C)cc(C)n2)c(OC)c1. The summed E-state index contributed by atoms with van der Waals surface area (Å²) in [4.78, 5) is 23.7. The number of aromatic nitrogens is 4. The van der Waals surface area contributed by atoms with Crippen molar-refractivity contribution in [1.29, 1.82) is 0 Å². The highest BCUT2D eigenvalue weighted by Crippen LogP contribution is 2.45. The van der Waals surface area contributed by atoms with Crippen LogP contribution < -0.4 is 14.4 Å². The Kier molecular flexibility index (Phi) is 4.93. The molecule has 1 aliphatic rings. The number of nitrogens with zero attached hydrogens (tertiary/aromatic N) is 5. The fourth-order valence-electron chi connectivity index (χ4n) is 4.10. The maximum atomic E-state index is 13.0. The summed E-state index contributed by atoms with van der Waals surface area (Å²) in [6.45, 7) is 5.78. The van der Waals surface area contributed by atoms with Gasteiger partial charge in [0.1, 0.15) is 17.3 Å². The van der Waals surface area contributed by atoms with Gasteiger partial charge in [0.15, 0.2) is 0 Å². The number of anilines is 1. The molecule has 0 saturated carbocycles. The Labute approximate surface area is 175 Å².